The second kappa shape index (κ2) is 8.82. The highest BCUT2D eigenvalue weighted by molar-refractivity contribution is 5.85. The van der Waals surface area contributed by atoms with Gasteiger partial charge in [0.25, 0.3) is 0 Å². The van der Waals surface area contributed by atoms with Crippen LogP contribution in [0.3, 0.4) is 0 Å². The van der Waals surface area contributed by atoms with Gasteiger partial charge in [-0.05, 0) is 32.9 Å². The molecule has 3 nitrogen and oxygen atoms in total. The van der Waals surface area contributed by atoms with E-state index in [4.69, 9.17) is 0 Å². The standard InChI is InChI=1S/C12H24N2O.ClH/c1-13-10-6-9-12(15)14(2)11-7-4-3-5-8-11;/h11,13H,3-10H2,1-2H3;1H. The van der Waals surface area contributed by atoms with E-state index >= 15 is 0 Å². The van der Waals surface area contributed by atoms with Crippen LogP contribution in [0.25, 0.3) is 0 Å². The van der Waals surface area contributed by atoms with Gasteiger partial charge in [-0.25, -0.2) is 0 Å². The third kappa shape index (κ3) is 5.17. The van der Waals surface area contributed by atoms with Crippen LogP contribution in [-0.2, 0) is 4.79 Å². The third-order valence-electron chi connectivity index (χ3n) is 3.33. The van der Waals surface area contributed by atoms with Gasteiger partial charge < -0.3 is 10.2 Å². The van der Waals surface area contributed by atoms with E-state index < -0.39 is 0 Å². The number of amides is 1. The molecule has 0 radical (unpaired) electrons. The Morgan fingerprint density at radius 3 is 2.50 bits per heavy atom. The molecular weight excluding hydrogens is 224 g/mol. The normalized spacial score (nSPS) is 16.6. The first-order valence-corrected chi connectivity index (χ1v) is 6.16. The second-order valence-electron chi connectivity index (χ2n) is 4.50. The first-order valence-electron chi connectivity index (χ1n) is 6.16. The van der Waals surface area contributed by atoms with Gasteiger partial charge in [-0.1, -0.05) is 19.3 Å². The van der Waals surface area contributed by atoms with Crippen LogP contribution in [0.4, 0.5) is 0 Å². The lowest BCUT2D eigenvalue weighted by atomic mass is 9.94. The first-order chi connectivity index (χ1) is 7.25. The van der Waals surface area contributed by atoms with Crippen LogP contribution in [0, 0.1) is 0 Å². The van der Waals surface area contributed by atoms with Crippen molar-refractivity contribution in [1.29, 1.82) is 0 Å². The maximum Gasteiger partial charge on any atom is 0.222 e. The lowest BCUT2D eigenvalue weighted by Gasteiger charge is -2.31. The summed E-state index contributed by atoms with van der Waals surface area (Å²) in [6, 6.07) is 0.515. The van der Waals surface area contributed by atoms with Crippen LogP contribution >= 0.6 is 12.4 Å². The van der Waals surface area contributed by atoms with Gasteiger partial charge >= 0.3 is 0 Å². The minimum Gasteiger partial charge on any atom is -0.343 e. The Bertz CT molecular complexity index is 193. The Labute approximate surface area is 105 Å². The van der Waals surface area contributed by atoms with E-state index in [0.717, 1.165) is 13.0 Å². The van der Waals surface area contributed by atoms with Crippen LogP contribution < -0.4 is 5.32 Å². The molecule has 4 heteroatoms. The highest BCUT2D eigenvalue weighted by Gasteiger charge is 2.21. The van der Waals surface area contributed by atoms with Gasteiger partial charge in [0.1, 0.15) is 0 Å². The van der Waals surface area contributed by atoms with Crippen molar-refractivity contribution in [2.75, 3.05) is 20.6 Å². The van der Waals surface area contributed by atoms with E-state index in [1.165, 1.54) is 32.1 Å². The predicted octanol–water partition coefficient (Wildman–Crippen LogP) is 2.20. The van der Waals surface area contributed by atoms with Crippen molar-refractivity contribution in [3.05, 3.63) is 0 Å². The minimum absolute atomic E-state index is 0. The monoisotopic (exact) mass is 248 g/mol. The molecule has 1 rings (SSSR count). The molecule has 96 valence electrons. The highest BCUT2D eigenvalue weighted by atomic mass is 35.5. The molecule has 1 fully saturated rings. The van der Waals surface area contributed by atoms with Gasteiger partial charge in [0.15, 0.2) is 0 Å². The molecule has 1 amide bonds. The highest BCUT2D eigenvalue weighted by Crippen LogP contribution is 2.22. The summed E-state index contributed by atoms with van der Waals surface area (Å²) >= 11 is 0. The van der Waals surface area contributed by atoms with Crippen LogP contribution in [-0.4, -0.2) is 37.5 Å². The van der Waals surface area contributed by atoms with E-state index in [0.29, 0.717) is 18.4 Å². The van der Waals surface area contributed by atoms with Gasteiger partial charge in [0.2, 0.25) is 5.91 Å². The maximum absolute atomic E-state index is 11.8. The van der Waals surface area contributed by atoms with E-state index in [1.807, 2.05) is 19.0 Å². The van der Waals surface area contributed by atoms with E-state index in [2.05, 4.69) is 5.32 Å². The van der Waals surface area contributed by atoms with Crippen LogP contribution in [0.15, 0.2) is 0 Å². The number of rotatable bonds is 5. The zero-order valence-electron chi connectivity index (χ0n) is 10.5. The Balaban J connectivity index is 0.00000225. The molecule has 0 aliphatic heterocycles. The number of halogens is 1. The quantitative estimate of drug-likeness (QED) is 0.757. The number of carbonyl (C=O) groups excluding carboxylic acids is 1. The van der Waals surface area contributed by atoms with Crippen molar-refractivity contribution in [2.45, 2.75) is 51.0 Å². The predicted molar refractivity (Wildman–Crippen MR) is 70.1 cm³/mol. The summed E-state index contributed by atoms with van der Waals surface area (Å²) in [6.45, 7) is 0.935. The van der Waals surface area contributed by atoms with Crippen molar-refractivity contribution in [3.63, 3.8) is 0 Å². The zero-order chi connectivity index (χ0) is 11.1. The maximum atomic E-state index is 11.8. The van der Waals surface area contributed by atoms with E-state index in [-0.39, 0.29) is 12.4 Å². The molecule has 1 N–H and O–H groups in total. The summed E-state index contributed by atoms with van der Waals surface area (Å²) in [5, 5.41) is 3.07. The van der Waals surface area contributed by atoms with Crippen LogP contribution in [0.1, 0.15) is 44.9 Å². The molecular formula is C12H25ClN2O. The lowest BCUT2D eigenvalue weighted by molar-refractivity contribution is -0.132. The molecule has 1 aliphatic rings. The molecule has 0 unspecified atom stereocenters. The van der Waals surface area contributed by atoms with Gasteiger partial charge in [0.05, 0.1) is 0 Å². The summed E-state index contributed by atoms with van der Waals surface area (Å²) in [5.41, 5.74) is 0. The molecule has 0 atom stereocenters. The van der Waals surface area contributed by atoms with Crippen molar-refractivity contribution >= 4 is 18.3 Å². The molecule has 16 heavy (non-hydrogen) atoms. The average molecular weight is 249 g/mol. The molecule has 0 bridgehead atoms. The Kier molecular flexibility index (Phi) is 8.67. The van der Waals surface area contributed by atoms with Crippen molar-refractivity contribution < 1.29 is 4.79 Å². The third-order valence-corrected chi connectivity index (χ3v) is 3.33. The van der Waals surface area contributed by atoms with Gasteiger partial charge in [0, 0.05) is 19.5 Å². The van der Waals surface area contributed by atoms with E-state index in [1.54, 1.807) is 0 Å². The summed E-state index contributed by atoms with van der Waals surface area (Å²) in [6.07, 6.45) is 7.97. The van der Waals surface area contributed by atoms with Crippen LogP contribution in [0.2, 0.25) is 0 Å². The fourth-order valence-electron chi connectivity index (χ4n) is 2.26. The summed E-state index contributed by atoms with van der Waals surface area (Å²) in [7, 11) is 3.90. The average Bonchev–Trinajstić information content (AvgIpc) is 2.29. The molecule has 0 aromatic heterocycles. The van der Waals surface area contributed by atoms with Gasteiger partial charge in [-0.2, -0.15) is 0 Å². The number of carbonyl (C=O) groups is 1. The molecule has 0 saturated heterocycles. The smallest absolute Gasteiger partial charge is 0.222 e. The molecule has 0 aromatic rings. The van der Waals surface area contributed by atoms with Crippen molar-refractivity contribution in [1.82, 2.24) is 10.2 Å². The number of hydrogen-bond donors (Lipinski definition) is 1. The van der Waals surface area contributed by atoms with E-state index in [9.17, 15) is 4.79 Å². The Morgan fingerprint density at radius 2 is 1.94 bits per heavy atom. The molecule has 0 heterocycles. The summed E-state index contributed by atoms with van der Waals surface area (Å²) in [4.78, 5) is 13.8. The molecule has 1 aliphatic carbocycles. The summed E-state index contributed by atoms with van der Waals surface area (Å²) < 4.78 is 0. The van der Waals surface area contributed by atoms with Gasteiger partial charge in [-0.15, -0.1) is 12.4 Å². The second-order valence-corrected chi connectivity index (χ2v) is 4.50. The summed E-state index contributed by atoms with van der Waals surface area (Å²) in [5.74, 6) is 0.317. The minimum atomic E-state index is 0. The first kappa shape index (κ1) is 15.7. The lowest BCUT2D eigenvalue weighted by Crippen LogP contribution is -2.38. The van der Waals surface area contributed by atoms with Crippen LogP contribution in [0.5, 0.6) is 0 Å². The number of hydrogen-bond acceptors (Lipinski definition) is 2. The number of nitrogens with one attached hydrogen (secondary N) is 1. The fourth-order valence-corrected chi connectivity index (χ4v) is 2.26. The SMILES string of the molecule is CNCCCC(=O)N(C)C1CCCCC1.Cl. The zero-order valence-corrected chi connectivity index (χ0v) is 11.3. The molecule has 0 aromatic carbocycles. The van der Waals surface area contributed by atoms with Crippen molar-refractivity contribution in [3.8, 4) is 0 Å². The van der Waals surface area contributed by atoms with Gasteiger partial charge in [-0.3, -0.25) is 4.79 Å². The fraction of sp³-hybridized carbons (Fsp3) is 0.917. The largest absolute Gasteiger partial charge is 0.343 e. The topological polar surface area (TPSA) is 32.3 Å². The Hall–Kier alpha value is -0.280. The van der Waals surface area contributed by atoms with Crippen molar-refractivity contribution in [2.24, 2.45) is 0 Å². The Morgan fingerprint density at radius 1 is 1.31 bits per heavy atom. The molecule has 0 spiro atoms. The molecule has 1 saturated carbocycles. The number of nitrogens with zero attached hydrogens (tertiary/aromatic N) is 1.